The summed E-state index contributed by atoms with van der Waals surface area (Å²) in [6.45, 7) is 19.2. The van der Waals surface area contributed by atoms with Crippen molar-refractivity contribution in [2.24, 2.45) is 0 Å². The van der Waals surface area contributed by atoms with E-state index < -0.39 is 8.07 Å². The van der Waals surface area contributed by atoms with Crippen LogP contribution in [0.15, 0.2) is 12.2 Å². The smallest absolute Gasteiger partial charge is 0.179 e. The highest BCUT2D eigenvalue weighted by molar-refractivity contribution is 6.76. The third-order valence-electron chi connectivity index (χ3n) is 1.88. The van der Waals surface area contributed by atoms with E-state index in [0.717, 1.165) is 11.6 Å². The number of ether oxygens (including phenoxy) is 2. The second kappa shape index (κ2) is 6.57. The first-order chi connectivity index (χ1) is 7.11. The Balaban J connectivity index is 4.44. The van der Waals surface area contributed by atoms with Crippen LogP contribution in [0.4, 0.5) is 0 Å². The Bertz CT molecular complexity index is 206. The molecule has 0 heterocycles. The van der Waals surface area contributed by atoms with E-state index in [9.17, 15) is 0 Å². The van der Waals surface area contributed by atoms with Crippen LogP contribution < -0.4 is 0 Å². The molecule has 0 N–H and O–H groups in total. The Morgan fingerprint density at radius 3 is 1.62 bits per heavy atom. The quantitative estimate of drug-likeness (QED) is 0.382. The monoisotopic (exact) mass is 244 g/mol. The van der Waals surface area contributed by atoms with E-state index >= 15 is 0 Å². The summed E-state index contributed by atoms with van der Waals surface area (Å²) in [5.74, 6) is 0. The van der Waals surface area contributed by atoms with Crippen molar-refractivity contribution in [3.63, 3.8) is 0 Å². The van der Waals surface area contributed by atoms with Gasteiger partial charge in [0.05, 0.1) is 12.2 Å². The molecule has 96 valence electrons. The van der Waals surface area contributed by atoms with Gasteiger partial charge in [-0.1, -0.05) is 26.2 Å². The molecule has 3 heteroatoms. The molecule has 0 aliphatic carbocycles. The van der Waals surface area contributed by atoms with E-state index in [-0.39, 0.29) is 18.5 Å². The highest BCUT2D eigenvalue weighted by Gasteiger charge is 2.23. The largest absolute Gasteiger partial charge is 0.346 e. The predicted molar refractivity (Wildman–Crippen MR) is 73.5 cm³/mol. The van der Waals surface area contributed by atoms with Crippen molar-refractivity contribution in [1.82, 2.24) is 0 Å². The standard InChI is InChI=1S/C13H28O2Si/c1-10(2)14-13(15-11(3)4)12(5)9-16(6,7)8/h10-11,13H,5,9H2,1-4,6-8H3. The molecule has 0 aromatic rings. The van der Waals surface area contributed by atoms with Gasteiger partial charge in [-0.25, -0.2) is 0 Å². The maximum Gasteiger partial charge on any atom is 0.179 e. The van der Waals surface area contributed by atoms with Crippen molar-refractivity contribution >= 4 is 8.07 Å². The molecule has 0 rings (SSSR count). The molecule has 16 heavy (non-hydrogen) atoms. The van der Waals surface area contributed by atoms with Gasteiger partial charge in [-0.3, -0.25) is 0 Å². The lowest BCUT2D eigenvalue weighted by atomic mass is 10.3. The molecule has 0 amide bonds. The Hall–Kier alpha value is -0.123. The zero-order chi connectivity index (χ0) is 12.9. The summed E-state index contributed by atoms with van der Waals surface area (Å²) in [7, 11) is -1.14. The van der Waals surface area contributed by atoms with E-state index in [1.807, 2.05) is 27.7 Å². The van der Waals surface area contributed by atoms with Gasteiger partial charge >= 0.3 is 0 Å². The maximum absolute atomic E-state index is 5.77. The van der Waals surface area contributed by atoms with Crippen molar-refractivity contribution < 1.29 is 9.47 Å². The first-order valence-corrected chi connectivity index (χ1v) is 9.81. The minimum atomic E-state index is -1.14. The molecule has 0 saturated heterocycles. The van der Waals surface area contributed by atoms with Gasteiger partial charge in [0.1, 0.15) is 0 Å². The van der Waals surface area contributed by atoms with E-state index in [1.54, 1.807) is 0 Å². The van der Waals surface area contributed by atoms with Crippen LogP contribution in [0.3, 0.4) is 0 Å². The fraction of sp³-hybridized carbons (Fsp3) is 0.846. The van der Waals surface area contributed by atoms with Crippen LogP contribution in [0.5, 0.6) is 0 Å². The van der Waals surface area contributed by atoms with E-state index in [1.165, 1.54) is 0 Å². The normalized spacial score (nSPS) is 12.9. The topological polar surface area (TPSA) is 18.5 Å². The summed E-state index contributed by atoms with van der Waals surface area (Å²) in [6.07, 6.45) is 0.0935. The second-order valence-electron chi connectivity index (χ2n) is 6.10. The first-order valence-electron chi connectivity index (χ1n) is 6.10. The van der Waals surface area contributed by atoms with Crippen molar-refractivity contribution in [2.45, 2.75) is 71.9 Å². The average molecular weight is 244 g/mol. The third kappa shape index (κ3) is 8.08. The van der Waals surface area contributed by atoms with Crippen LogP contribution in [-0.4, -0.2) is 26.6 Å². The molecule has 0 aromatic heterocycles. The Labute approximate surface area is 102 Å². The molecule has 0 saturated carbocycles. The highest BCUT2D eigenvalue weighted by atomic mass is 28.3. The molecule has 0 atom stereocenters. The van der Waals surface area contributed by atoms with Gasteiger partial charge < -0.3 is 9.47 Å². The summed E-state index contributed by atoms with van der Waals surface area (Å²) in [5.41, 5.74) is 1.08. The van der Waals surface area contributed by atoms with Gasteiger partial charge in [0.15, 0.2) is 6.29 Å². The molecular formula is C13H28O2Si. The van der Waals surface area contributed by atoms with Crippen molar-refractivity contribution in [3.05, 3.63) is 12.2 Å². The third-order valence-corrected chi connectivity index (χ3v) is 3.40. The van der Waals surface area contributed by atoms with Gasteiger partial charge in [-0.15, -0.1) is 0 Å². The molecule has 2 nitrogen and oxygen atoms in total. The van der Waals surface area contributed by atoms with Crippen molar-refractivity contribution in [2.75, 3.05) is 0 Å². The molecule has 0 aliphatic heterocycles. The molecule has 0 radical (unpaired) electrons. The minimum absolute atomic E-state index is 0.169. The van der Waals surface area contributed by atoms with E-state index in [0.29, 0.717) is 0 Å². The number of hydrogen-bond donors (Lipinski definition) is 0. The first kappa shape index (κ1) is 15.9. The number of hydrogen-bond acceptors (Lipinski definition) is 2. The lowest BCUT2D eigenvalue weighted by Crippen LogP contribution is -2.30. The van der Waals surface area contributed by atoms with Gasteiger partial charge in [-0.05, 0) is 39.3 Å². The molecule has 0 aromatic carbocycles. The molecular weight excluding hydrogens is 216 g/mol. The fourth-order valence-corrected chi connectivity index (χ4v) is 3.01. The number of rotatable bonds is 7. The Kier molecular flexibility index (Phi) is 6.52. The summed E-state index contributed by atoms with van der Waals surface area (Å²) in [4.78, 5) is 0. The van der Waals surface area contributed by atoms with Crippen LogP contribution in [0.1, 0.15) is 27.7 Å². The predicted octanol–water partition coefficient (Wildman–Crippen LogP) is 4.06. The van der Waals surface area contributed by atoms with Gasteiger partial charge in [0, 0.05) is 8.07 Å². The maximum atomic E-state index is 5.77. The molecule has 0 fully saturated rings. The Morgan fingerprint density at radius 2 is 1.38 bits per heavy atom. The lowest BCUT2D eigenvalue weighted by molar-refractivity contribution is -0.158. The zero-order valence-corrected chi connectivity index (χ0v) is 13.0. The van der Waals surface area contributed by atoms with Gasteiger partial charge in [0.2, 0.25) is 0 Å². The van der Waals surface area contributed by atoms with Crippen LogP contribution in [0.2, 0.25) is 25.7 Å². The molecule has 0 spiro atoms. The summed E-state index contributed by atoms with van der Waals surface area (Å²) >= 11 is 0. The van der Waals surface area contributed by atoms with Crippen molar-refractivity contribution in [3.8, 4) is 0 Å². The summed E-state index contributed by atoms with van der Waals surface area (Å²) in [6, 6.07) is 1.05. The lowest BCUT2D eigenvalue weighted by Gasteiger charge is -2.28. The zero-order valence-electron chi connectivity index (χ0n) is 12.0. The summed E-state index contributed by atoms with van der Waals surface area (Å²) in [5, 5.41) is 0. The van der Waals surface area contributed by atoms with Crippen molar-refractivity contribution in [1.29, 1.82) is 0 Å². The van der Waals surface area contributed by atoms with Crippen LogP contribution in [0.25, 0.3) is 0 Å². The van der Waals surface area contributed by atoms with Crippen LogP contribution >= 0.6 is 0 Å². The second-order valence-corrected chi connectivity index (χ2v) is 11.6. The molecule has 0 bridgehead atoms. The highest BCUT2D eigenvalue weighted by Crippen LogP contribution is 2.22. The van der Waals surface area contributed by atoms with Crippen LogP contribution in [-0.2, 0) is 9.47 Å². The summed E-state index contributed by atoms with van der Waals surface area (Å²) < 4.78 is 11.5. The van der Waals surface area contributed by atoms with Crippen LogP contribution in [0, 0.1) is 0 Å². The minimum Gasteiger partial charge on any atom is -0.346 e. The molecule has 0 aliphatic rings. The van der Waals surface area contributed by atoms with Gasteiger partial charge in [-0.2, -0.15) is 0 Å². The Morgan fingerprint density at radius 1 is 1.00 bits per heavy atom. The molecule has 0 unspecified atom stereocenters. The van der Waals surface area contributed by atoms with E-state index in [2.05, 4.69) is 26.2 Å². The SMILES string of the molecule is C=C(C[Si](C)(C)C)C(OC(C)C)OC(C)C. The average Bonchev–Trinajstić information content (AvgIpc) is 1.97. The van der Waals surface area contributed by atoms with Gasteiger partial charge in [0.25, 0.3) is 0 Å². The fourth-order valence-electron chi connectivity index (χ4n) is 1.48. The van der Waals surface area contributed by atoms with E-state index in [4.69, 9.17) is 9.47 Å².